The molecule has 4 N–H and O–H groups in total. The van der Waals surface area contributed by atoms with E-state index in [0.29, 0.717) is 17.8 Å². The van der Waals surface area contributed by atoms with Crippen molar-refractivity contribution < 1.29 is 9.59 Å². The van der Waals surface area contributed by atoms with Crippen molar-refractivity contribution in [3.8, 4) is 0 Å². The van der Waals surface area contributed by atoms with Gasteiger partial charge in [0.25, 0.3) is 0 Å². The number of carbonyl (C=O) groups excluding carboxylic acids is 2. The van der Waals surface area contributed by atoms with E-state index in [4.69, 9.17) is 5.73 Å². The Morgan fingerprint density at radius 3 is 2.05 bits per heavy atom. The van der Waals surface area contributed by atoms with Gasteiger partial charge >= 0.3 is 0 Å². The number of hydrogen-bond acceptors (Lipinski definition) is 3. The van der Waals surface area contributed by atoms with Crippen LogP contribution >= 0.6 is 0 Å². The summed E-state index contributed by atoms with van der Waals surface area (Å²) in [5.74, 6) is -0.0941. The molecule has 0 saturated carbocycles. The lowest BCUT2D eigenvalue weighted by Crippen LogP contribution is -2.40. The molecule has 5 heteroatoms. The summed E-state index contributed by atoms with van der Waals surface area (Å²) < 4.78 is 0. The molecule has 110 valence electrons. The van der Waals surface area contributed by atoms with Crippen LogP contribution in [0.2, 0.25) is 0 Å². The molecule has 5 nitrogen and oxygen atoms in total. The molecular formula is C15H23N3O2. The van der Waals surface area contributed by atoms with Crippen LogP contribution in [-0.4, -0.2) is 17.9 Å². The largest absolute Gasteiger partial charge is 0.326 e. The average Bonchev–Trinajstić information content (AvgIpc) is 2.47. The molecule has 0 fully saturated rings. The minimum Gasteiger partial charge on any atom is -0.326 e. The van der Waals surface area contributed by atoms with Crippen LogP contribution in [0.4, 0.5) is 11.4 Å². The smallest absolute Gasteiger partial charge is 0.241 e. The maximum absolute atomic E-state index is 11.9. The third kappa shape index (κ3) is 4.66. The normalized spacial score (nSPS) is 13.4. The van der Waals surface area contributed by atoms with Gasteiger partial charge in [-0.15, -0.1) is 0 Å². The lowest BCUT2D eigenvalue weighted by atomic mass is 9.99. The summed E-state index contributed by atoms with van der Waals surface area (Å²) in [5.41, 5.74) is 7.24. The van der Waals surface area contributed by atoms with Crippen LogP contribution in [0.1, 0.15) is 33.6 Å². The van der Waals surface area contributed by atoms with E-state index in [-0.39, 0.29) is 17.7 Å². The van der Waals surface area contributed by atoms with E-state index < -0.39 is 6.04 Å². The molecule has 0 unspecified atom stereocenters. The Kier molecular flexibility index (Phi) is 6.18. The number of rotatable bonds is 6. The monoisotopic (exact) mass is 277 g/mol. The van der Waals surface area contributed by atoms with E-state index in [9.17, 15) is 9.59 Å². The van der Waals surface area contributed by atoms with E-state index in [2.05, 4.69) is 10.6 Å². The van der Waals surface area contributed by atoms with E-state index >= 15 is 0 Å². The topological polar surface area (TPSA) is 84.2 Å². The Bertz CT molecular complexity index is 457. The molecule has 0 aromatic heterocycles. The van der Waals surface area contributed by atoms with Crippen LogP contribution in [0.5, 0.6) is 0 Å². The molecular weight excluding hydrogens is 254 g/mol. The van der Waals surface area contributed by atoms with Gasteiger partial charge in [0.05, 0.1) is 6.04 Å². The van der Waals surface area contributed by atoms with Crippen molar-refractivity contribution in [1.29, 1.82) is 0 Å². The van der Waals surface area contributed by atoms with Gasteiger partial charge in [-0.3, -0.25) is 9.59 Å². The summed E-state index contributed by atoms with van der Waals surface area (Å²) >= 11 is 0. The molecule has 1 aromatic carbocycles. The standard InChI is InChI=1S/C15H23N3O2/c1-4-10(3)14(16)15(20)18-12-8-6-11(7-9-12)17-13(19)5-2/h6-10,14H,4-5,16H2,1-3H3,(H,17,19)(H,18,20)/t10-,14-/m0/s1. The van der Waals surface area contributed by atoms with Crippen molar-refractivity contribution in [3.05, 3.63) is 24.3 Å². The number of anilines is 2. The molecule has 1 aromatic rings. The van der Waals surface area contributed by atoms with Gasteiger partial charge in [-0.2, -0.15) is 0 Å². The fraction of sp³-hybridized carbons (Fsp3) is 0.467. The molecule has 0 saturated heterocycles. The third-order valence-corrected chi connectivity index (χ3v) is 3.32. The van der Waals surface area contributed by atoms with Crippen LogP contribution < -0.4 is 16.4 Å². The first-order valence-electron chi connectivity index (χ1n) is 6.94. The minimum atomic E-state index is -0.514. The summed E-state index contributed by atoms with van der Waals surface area (Å²) in [6.07, 6.45) is 1.29. The van der Waals surface area contributed by atoms with E-state index in [1.807, 2.05) is 13.8 Å². The number of hydrogen-bond donors (Lipinski definition) is 3. The van der Waals surface area contributed by atoms with Crippen molar-refractivity contribution in [1.82, 2.24) is 0 Å². The van der Waals surface area contributed by atoms with E-state index in [1.54, 1.807) is 31.2 Å². The first kappa shape index (κ1) is 16.2. The molecule has 2 atom stereocenters. The van der Waals surface area contributed by atoms with Crippen LogP contribution in [0.25, 0.3) is 0 Å². The Hall–Kier alpha value is -1.88. The van der Waals surface area contributed by atoms with Crippen molar-refractivity contribution >= 4 is 23.2 Å². The summed E-state index contributed by atoms with van der Waals surface area (Å²) in [7, 11) is 0. The molecule has 0 radical (unpaired) electrons. The van der Waals surface area contributed by atoms with Crippen LogP contribution in [0, 0.1) is 5.92 Å². The van der Waals surface area contributed by atoms with Gasteiger partial charge in [0.1, 0.15) is 0 Å². The molecule has 2 amide bonds. The molecule has 0 aliphatic carbocycles. The first-order valence-corrected chi connectivity index (χ1v) is 6.94. The van der Waals surface area contributed by atoms with E-state index in [0.717, 1.165) is 6.42 Å². The Labute approximate surface area is 119 Å². The zero-order chi connectivity index (χ0) is 15.1. The van der Waals surface area contributed by atoms with Gasteiger partial charge in [-0.25, -0.2) is 0 Å². The Balaban J connectivity index is 2.61. The number of carbonyl (C=O) groups is 2. The zero-order valence-electron chi connectivity index (χ0n) is 12.3. The minimum absolute atomic E-state index is 0.0411. The third-order valence-electron chi connectivity index (χ3n) is 3.32. The number of benzene rings is 1. The number of nitrogens with two attached hydrogens (primary N) is 1. The summed E-state index contributed by atoms with van der Waals surface area (Å²) in [4.78, 5) is 23.2. The summed E-state index contributed by atoms with van der Waals surface area (Å²) in [5, 5.41) is 5.52. The maximum atomic E-state index is 11.9. The van der Waals surface area contributed by atoms with Crippen molar-refractivity contribution in [2.24, 2.45) is 11.7 Å². The second-order valence-corrected chi connectivity index (χ2v) is 4.88. The average molecular weight is 277 g/mol. The second-order valence-electron chi connectivity index (χ2n) is 4.88. The highest BCUT2D eigenvalue weighted by molar-refractivity contribution is 5.95. The fourth-order valence-corrected chi connectivity index (χ4v) is 1.62. The van der Waals surface area contributed by atoms with Crippen LogP contribution in [0.3, 0.4) is 0 Å². The lowest BCUT2D eigenvalue weighted by Gasteiger charge is -2.17. The van der Waals surface area contributed by atoms with Gasteiger partial charge < -0.3 is 16.4 Å². The molecule has 0 aliphatic heterocycles. The van der Waals surface area contributed by atoms with Gasteiger partial charge in [0, 0.05) is 17.8 Å². The van der Waals surface area contributed by atoms with Crippen molar-refractivity contribution in [2.75, 3.05) is 10.6 Å². The van der Waals surface area contributed by atoms with Crippen molar-refractivity contribution in [2.45, 2.75) is 39.7 Å². The predicted octanol–water partition coefficient (Wildman–Crippen LogP) is 2.35. The number of nitrogens with one attached hydrogen (secondary N) is 2. The Morgan fingerprint density at radius 1 is 1.10 bits per heavy atom. The number of amides is 2. The highest BCUT2D eigenvalue weighted by atomic mass is 16.2. The Morgan fingerprint density at radius 2 is 1.60 bits per heavy atom. The predicted molar refractivity (Wildman–Crippen MR) is 81.4 cm³/mol. The molecule has 0 aliphatic rings. The maximum Gasteiger partial charge on any atom is 0.241 e. The summed E-state index contributed by atoms with van der Waals surface area (Å²) in [6, 6.07) is 6.47. The fourth-order valence-electron chi connectivity index (χ4n) is 1.62. The SMILES string of the molecule is CCC(=O)Nc1ccc(NC(=O)[C@@H](N)[C@@H](C)CC)cc1. The molecule has 0 spiro atoms. The highest BCUT2D eigenvalue weighted by Crippen LogP contribution is 2.15. The second kappa shape index (κ2) is 7.65. The van der Waals surface area contributed by atoms with Gasteiger partial charge in [0.15, 0.2) is 0 Å². The highest BCUT2D eigenvalue weighted by Gasteiger charge is 2.19. The summed E-state index contributed by atoms with van der Waals surface area (Å²) in [6.45, 7) is 5.75. The molecule has 1 rings (SSSR count). The quantitative estimate of drug-likeness (QED) is 0.746. The first-order chi connectivity index (χ1) is 9.47. The van der Waals surface area contributed by atoms with Gasteiger partial charge in [-0.05, 0) is 30.2 Å². The molecule has 0 heterocycles. The van der Waals surface area contributed by atoms with Crippen LogP contribution in [0.15, 0.2) is 24.3 Å². The molecule has 20 heavy (non-hydrogen) atoms. The van der Waals surface area contributed by atoms with Crippen molar-refractivity contribution in [3.63, 3.8) is 0 Å². The molecule has 0 bridgehead atoms. The zero-order valence-corrected chi connectivity index (χ0v) is 12.3. The van der Waals surface area contributed by atoms with Gasteiger partial charge in [-0.1, -0.05) is 27.2 Å². The van der Waals surface area contributed by atoms with E-state index in [1.165, 1.54) is 0 Å². The lowest BCUT2D eigenvalue weighted by molar-refractivity contribution is -0.118. The van der Waals surface area contributed by atoms with Gasteiger partial charge in [0.2, 0.25) is 11.8 Å². The van der Waals surface area contributed by atoms with Crippen LogP contribution in [-0.2, 0) is 9.59 Å².